The van der Waals surface area contributed by atoms with E-state index in [-0.39, 0.29) is 21.4 Å². The maximum Gasteiger partial charge on any atom is 0.324 e. The molecule has 0 spiro atoms. The van der Waals surface area contributed by atoms with Crippen LogP contribution in [-0.2, 0) is 9.15 Å². The van der Waals surface area contributed by atoms with Gasteiger partial charge in [-0.25, -0.2) is 0 Å². The summed E-state index contributed by atoms with van der Waals surface area (Å²) in [5.74, 6) is 0. The van der Waals surface area contributed by atoms with Crippen molar-refractivity contribution in [3.8, 4) is 0 Å². The molecule has 5 nitrogen and oxygen atoms in total. The molecule has 13 heavy (non-hydrogen) atoms. The summed E-state index contributed by atoms with van der Waals surface area (Å²) in [5.41, 5.74) is 11.5. The molecular formula is C6H8N2O3S2. The predicted octanol–water partition coefficient (Wildman–Crippen LogP) is 0.746. The van der Waals surface area contributed by atoms with Gasteiger partial charge in [-0.2, -0.15) is 8.42 Å². The van der Waals surface area contributed by atoms with E-state index in [0.717, 1.165) is 0 Å². The Bertz CT molecular complexity index is 416. The van der Waals surface area contributed by atoms with Crippen molar-refractivity contribution in [1.29, 1.82) is 0 Å². The van der Waals surface area contributed by atoms with Crippen LogP contribution in [0.5, 0.6) is 0 Å². The van der Waals surface area contributed by atoms with Crippen LogP contribution in [0.3, 0.4) is 0 Å². The van der Waals surface area contributed by atoms with E-state index in [0.29, 0.717) is 5.69 Å². The van der Waals surface area contributed by atoms with Crippen molar-refractivity contribution in [1.82, 2.24) is 0 Å². The van der Waals surface area contributed by atoms with Crippen LogP contribution >= 0.6 is 10.8 Å². The van der Waals surface area contributed by atoms with Crippen molar-refractivity contribution >= 4 is 31.3 Å². The lowest BCUT2D eigenvalue weighted by atomic mass is 10.3. The van der Waals surface area contributed by atoms with Crippen molar-refractivity contribution in [2.24, 2.45) is 0 Å². The molecular weight excluding hydrogens is 212 g/mol. The predicted molar refractivity (Wildman–Crippen MR) is 52.7 cm³/mol. The maximum absolute atomic E-state index is 10.5. The van der Waals surface area contributed by atoms with Gasteiger partial charge in [-0.1, -0.05) is 0 Å². The first kappa shape index (κ1) is 10.2. The highest BCUT2D eigenvalue weighted by Gasteiger charge is 2.10. The maximum atomic E-state index is 10.5. The normalized spacial score (nSPS) is 11.5. The summed E-state index contributed by atoms with van der Waals surface area (Å²) in [6.07, 6.45) is 0. The zero-order valence-electron chi connectivity index (χ0n) is 6.47. The summed E-state index contributed by atoms with van der Waals surface area (Å²) >= 11 is 0. The van der Waals surface area contributed by atoms with Crippen LogP contribution in [0.2, 0.25) is 0 Å². The Labute approximate surface area is 79.3 Å². The Kier molecular flexibility index (Phi) is 2.69. The molecule has 72 valence electrons. The van der Waals surface area contributed by atoms with Crippen LogP contribution in [0.4, 0.5) is 11.4 Å². The van der Waals surface area contributed by atoms with E-state index in [4.69, 9.17) is 16.0 Å². The Morgan fingerprint density at radius 1 is 1.31 bits per heavy atom. The lowest BCUT2D eigenvalue weighted by Crippen LogP contribution is -1.95. The molecule has 0 radical (unpaired) electrons. The first-order chi connectivity index (χ1) is 5.88. The fraction of sp³-hybridized carbons (Fsp3) is 0. The molecule has 1 aromatic rings. The quantitative estimate of drug-likeness (QED) is 0.385. The van der Waals surface area contributed by atoms with E-state index in [2.05, 4.69) is 0 Å². The molecule has 0 bridgehead atoms. The summed E-state index contributed by atoms with van der Waals surface area (Å²) in [6.45, 7) is 0. The molecule has 0 aromatic heterocycles. The molecule has 0 aliphatic heterocycles. The number of rotatable bonds is 2. The molecule has 0 atom stereocenters. The second-order valence-electron chi connectivity index (χ2n) is 2.31. The molecule has 0 amide bonds. The van der Waals surface area contributed by atoms with Crippen LogP contribution in [0.25, 0.3) is 0 Å². The van der Waals surface area contributed by atoms with Crippen molar-refractivity contribution in [2.45, 2.75) is 4.90 Å². The van der Waals surface area contributed by atoms with E-state index < -0.39 is 9.15 Å². The number of nitrogens with two attached hydrogens (primary N) is 2. The van der Waals surface area contributed by atoms with Crippen molar-refractivity contribution in [2.75, 3.05) is 11.5 Å². The van der Waals surface area contributed by atoms with Gasteiger partial charge in [0, 0.05) is 22.2 Å². The second kappa shape index (κ2) is 3.44. The lowest BCUT2D eigenvalue weighted by Gasteiger charge is -2.02. The Morgan fingerprint density at radius 3 is 2.46 bits per heavy atom. The van der Waals surface area contributed by atoms with Crippen molar-refractivity contribution in [3.63, 3.8) is 0 Å². The number of nitrogen functional groups attached to an aromatic ring is 2. The van der Waals surface area contributed by atoms with Crippen molar-refractivity contribution in [3.05, 3.63) is 18.2 Å². The largest absolute Gasteiger partial charge is 0.399 e. The van der Waals surface area contributed by atoms with Gasteiger partial charge in [0.05, 0.1) is 4.90 Å². The Hall–Kier alpha value is -0.920. The lowest BCUT2D eigenvalue weighted by molar-refractivity contribution is 0.503. The molecule has 0 fully saturated rings. The number of benzene rings is 1. The highest BCUT2D eigenvalue weighted by Crippen LogP contribution is 2.30. The zero-order valence-corrected chi connectivity index (χ0v) is 8.10. The minimum absolute atomic E-state index is 0.225. The van der Waals surface area contributed by atoms with E-state index in [1.54, 1.807) is 6.07 Å². The zero-order chi connectivity index (χ0) is 10.1. The molecule has 7 heteroatoms. The molecule has 0 aliphatic carbocycles. The first-order valence-electron chi connectivity index (χ1n) is 3.20. The van der Waals surface area contributed by atoms with Gasteiger partial charge >= 0.3 is 9.15 Å². The second-order valence-corrected chi connectivity index (χ2v) is 5.53. The van der Waals surface area contributed by atoms with Gasteiger partial charge in [0.2, 0.25) is 0 Å². The van der Waals surface area contributed by atoms with Gasteiger partial charge < -0.3 is 11.5 Å². The standard InChI is InChI=1S/C6H8N2O3S2/c7-4-1-2-5(8)6(3-4)12-13(9,10)11/h1-3H,7-8H2,(H,9,10,11). The molecule has 0 unspecified atom stereocenters. The van der Waals surface area contributed by atoms with Gasteiger partial charge in [-0.15, -0.1) is 0 Å². The van der Waals surface area contributed by atoms with E-state index in [1.807, 2.05) is 0 Å². The number of hydrogen-bond donors (Lipinski definition) is 3. The van der Waals surface area contributed by atoms with Gasteiger partial charge in [0.15, 0.2) is 0 Å². The summed E-state index contributed by atoms with van der Waals surface area (Å²) in [7, 11) is -3.87. The average Bonchev–Trinajstić information content (AvgIpc) is 1.94. The van der Waals surface area contributed by atoms with Crippen LogP contribution in [0, 0.1) is 0 Å². The SMILES string of the molecule is Nc1ccc(N)c(SS(=O)(=O)O)c1. The highest BCUT2D eigenvalue weighted by molar-refractivity contribution is 8.70. The van der Waals surface area contributed by atoms with Crippen molar-refractivity contribution < 1.29 is 13.0 Å². The summed E-state index contributed by atoms with van der Waals surface area (Å²) in [4.78, 5) is 0.225. The number of anilines is 2. The molecule has 0 saturated heterocycles. The minimum atomic E-state index is -4.14. The van der Waals surface area contributed by atoms with E-state index >= 15 is 0 Å². The smallest absolute Gasteiger partial charge is 0.324 e. The third kappa shape index (κ3) is 3.13. The molecule has 0 aliphatic rings. The number of hydrogen-bond acceptors (Lipinski definition) is 5. The molecule has 0 saturated carbocycles. The van der Waals surface area contributed by atoms with Crippen LogP contribution < -0.4 is 11.5 Å². The molecule has 0 heterocycles. The molecule has 1 aromatic carbocycles. The van der Waals surface area contributed by atoms with Crippen LogP contribution in [0.15, 0.2) is 23.1 Å². The topological polar surface area (TPSA) is 106 Å². The monoisotopic (exact) mass is 220 g/mol. The Balaban J connectivity index is 3.08. The van der Waals surface area contributed by atoms with Crippen LogP contribution in [0.1, 0.15) is 0 Å². The van der Waals surface area contributed by atoms with E-state index in [1.165, 1.54) is 12.1 Å². The fourth-order valence-electron chi connectivity index (χ4n) is 0.737. The van der Waals surface area contributed by atoms with Gasteiger partial charge in [0.25, 0.3) is 0 Å². The van der Waals surface area contributed by atoms with E-state index in [9.17, 15) is 8.42 Å². The minimum Gasteiger partial charge on any atom is -0.399 e. The third-order valence-electron chi connectivity index (χ3n) is 1.23. The molecule has 1 rings (SSSR count). The summed E-state index contributed by atoms with van der Waals surface area (Å²) < 4.78 is 29.5. The first-order valence-corrected chi connectivity index (χ1v) is 5.98. The highest BCUT2D eigenvalue weighted by atomic mass is 33.1. The average molecular weight is 220 g/mol. The third-order valence-corrected chi connectivity index (χ3v) is 3.15. The summed E-state index contributed by atoms with van der Waals surface area (Å²) in [5, 5.41) is 0. The van der Waals surface area contributed by atoms with Crippen LogP contribution in [-0.4, -0.2) is 13.0 Å². The Morgan fingerprint density at radius 2 is 1.92 bits per heavy atom. The fourth-order valence-corrected chi connectivity index (χ4v) is 2.43. The molecule has 5 N–H and O–H groups in total. The van der Waals surface area contributed by atoms with Gasteiger partial charge in [-0.3, -0.25) is 4.55 Å². The van der Waals surface area contributed by atoms with Gasteiger partial charge in [0.1, 0.15) is 0 Å². The summed E-state index contributed by atoms with van der Waals surface area (Å²) in [6, 6.07) is 4.40. The van der Waals surface area contributed by atoms with Gasteiger partial charge in [-0.05, 0) is 18.2 Å².